The van der Waals surface area contributed by atoms with Gasteiger partial charge in [-0.15, -0.1) is 12.4 Å². The van der Waals surface area contributed by atoms with Gasteiger partial charge in [-0.2, -0.15) is 5.26 Å². The van der Waals surface area contributed by atoms with Gasteiger partial charge < -0.3 is 15.3 Å². The van der Waals surface area contributed by atoms with E-state index in [9.17, 15) is 5.11 Å². The monoisotopic (exact) mass is 423 g/mol. The molecule has 4 fully saturated rings. The summed E-state index contributed by atoms with van der Waals surface area (Å²) in [5.74, 6) is 3.44. The molecule has 29 heavy (non-hydrogen) atoms. The largest absolute Gasteiger partial charge is 0.393 e. The molecular formula is C24H42ClN3O. The molecule has 0 aromatic rings. The zero-order valence-electron chi connectivity index (χ0n) is 18.7. The van der Waals surface area contributed by atoms with E-state index in [0.717, 1.165) is 49.6 Å². The summed E-state index contributed by atoms with van der Waals surface area (Å²) in [4.78, 5) is 2.59. The fourth-order valence-corrected chi connectivity index (χ4v) is 8.49. The molecule has 4 aliphatic rings. The van der Waals surface area contributed by atoms with Crippen LogP contribution in [-0.2, 0) is 0 Å². The number of hydrogen-bond donors (Lipinski definition) is 2. The molecule has 0 saturated heterocycles. The van der Waals surface area contributed by atoms with Crippen molar-refractivity contribution in [1.82, 2.24) is 10.2 Å². The minimum atomic E-state index is -0.0392. The molecule has 0 bridgehead atoms. The number of rotatable bonds is 5. The van der Waals surface area contributed by atoms with Gasteiger partial charge in [-0.25, -0.2) is 0 Å². The van der Waals surface area contributed by atoms with Crippen LogP contribution in [0.2, 0.25) is 0 Å². The van der Waals surface area contributed by atoms with Crippen LogP contribution in [-0.4, -0.2) is 48.8 Å². The molecule has 4 rings (SSSR count). The van der Waals surface area contributed by atoms with Crippen molar-refractivity contribution >= 4 is 12.4 Å². The molecule has 2 N–H and O–H groups in total. The fourth-order valence-electron chi connectivity index (χ4n) is 8.49. The molecule has 0 aromatic carbocycles. The SMILES string of the molecule is CN(CCNCC#N)C1CCC2C3CCC4CC(O)CCC4(C)C3CCC21C.Cl. The predicted octanol–water partition coefficient (Wildman–Crippen LogP) is 4.23. The second-order valence-corrected chi connectivity index (χ2v) is 11.0. The summed E-state index contributed by atoms with van der Waals surface area (Å²) in [5, 5.41) is 22.2. The van der Waals surface area contributed by atoms with E-state index in [1.807, 2.05) is 0 Å². The molecule has 4 aliphatic carbocycles. The van der Waals surface area contributed by atoms with Crippen LogP contribution in [0.3, 0.4) is 0 Å². The number of halogens is 1. The van der Waals surface area contributed by atoms with E-state index in [-0.39, 0.29) is 18.5 Å². The maximum Gasteiger partial charge on any atom is 0.0841 e. The molecule has 166 valence electrons. The van der Waals surface area contributed by atoms with Crippen molar-refractivity contribution in [1.29, 1.82) is 5.26 Å². The van der Waals surface area contributed by atoms with Crippen molar-refractivity contribution in [3.05, 3.63) is 0 Å². The van der Waals surface area contributed by atoms with Gasteiger partial charge in [0, 0.05) is 19.1 Å². The fraction of sp³-hybridized carbons (Fsp3) is 0.958. The van der Waals surface area contributed by atoms with Gasteiger partial charge in [0.05, 0.1) is 18.7 Å². The third-order valence-electron chi connectivity index (χ3n) is 9.97. The van der Waals surface area contributed by atoms with Crippen molar-refractivity contribution < 1.29 is 5.11 Å². The lowest BCUT2D eigenvalue weighted by atomic mass is 9.45. The number of aliphatic hydroxyl groups excluding tert-OH is 1. The molecule has 0 aliphatic heterocycles. The van der Waals surface area contributed by atoms with Gasteiger partial charge in [0.2, 0.25) is 0 Å². The summed E-state index contributed by atoms with van der Waals surface area (Å²) >= 11 is 0. The number of fused-ring (bicyclic) bond motifs is 5. The van der Waals surface area contributed by atoms with Gasteiger partial charge in [-0.1, -0.05) is 13.8 Å². The summed E-state index contributed by atoms with van der Waals surface area (Å²) in [6, 6.07) is 2.87. The first kappa shape index (κ1) is 23.3. The Kier molecular flexibility index (Phi) is 7.26. The Bertz CT molecular complexity index is 609. The van der Waals surface area contributed by atoms with Crippen LogP contribution in [0.15, 0.2) is 0 Å². The summed E-state index contributed by atoms with van der Waals surface area (Å²) in [6.07, 6.45) is 11.6. The molecule has 0 amide bonds. The Morgan fingerprint density at radius 1 is 1.03 bits per heavy atom. The van der Waals surface area contributed by atoms with E-state index in [1.165, 1.54) is 44.9 Å². The zero-order chi connectivity index (χ0) is 19.9. The zero-order valence-corrected chi connectivity index (χ0v) is 19.5. The number of nitriles is 1. The van der Waals surface area contributed by atoms with E-state index in [2.05, 4.69) is 37.2 Å². The standard InChI is InChI=1S/C24H41N3O.ClH/c1-23-10-8-18(28)16-17(23)4-5-19-20-6-7-22(24(20,2)11-9-21(19)23)27(3)15-14-26-13-12-25;/h17-22,26,28H,4-11,13-16H2,1-3H3;1H. The summed E-state index contributed by atoms with van der Waals surface area (Å²) in [5.41, 5.74) is 0.942. The lowest BCUT2D eigenvalue weighted by molar-refractivity contribution is -0.128. The van der Waals surface area contributed by atoms with Gasteiger partial charge in [0.25, 0.3) is 0 Å². The van der Waals surface area contributed by atoms with Crippen LogP contribution >= 0.6 is 12.4 Å². The topological polar surface area (TPSA) is 59.3 Å². The van der Waals surface area contributed by atoms with E-state index in [4.69, 9.17) is 5.26 Å². The second kappa shape index (κ2) is 9.03. The van der Waals surface area contributed by atoms with Crippen LogP contribution in [0.4, 0.5) is 0 Å². The van der Waals surface area contributed by atoms with E-state index in [1.54, 1.807) is 0 Å². The molecule has 0 aromatic heterocycles. The Hall–Kier alpha value is -0.340. The van der Waals surface area contributed by atoms with Crippen molar-refractivity contribution in [2.75, 3.05) is 26.7 Å². The summed E-state index contributed by atoms with van der Waals surface area (Å²) in [7, 11) is 2.30. The Morgan fingerprint density at radius 3 is 2.52 bits per heavy atom. The van der Waals surface area contributed by atoms with Gasteiger partial charge in [0.15, 0.2) is 0 Å². The second-order valence-electron chi connectivity index (χ2n) is 11.0. The number of hydrogen-bond acceptors (Lipinski definition) is 4. The van der Waals surface area contributed by atoms with Crippen molar-refractivity contribution in [3.63, 3.8) is 0 Å². The molecule has 0 radical (unpaired) electrons. The molecule has 0 spiro atoms. The molecule has 4 saturated carbocycles. The molecule has 4 nitrogen and oxygen atoms in total. The highest BCUT2D eigenvalue weighted by molar-refractivity contribution is 5.85. The highest BCUT2D eigenvalue weighted by Gasteiger charge is 2.60. The molecular weight excluding hydrogens is 382 g/mol. The number of aliphatic hydroxyl groups is 1. The highest BCUT2D eigenvalue weighted by atomic mass is 35.5. The molecule has 8 unspecified atom stereocenters. The number of nitrogens with zero attached hydrogens (tertiary/aromatic N) is 2. The van der Waals surface area contributed by atoms with Crippen molar-refractivity contribution in [2.24, 2.45) is 34.5 Å². The Labute approximate surface area is 184 Å². The average molecular weight is 424 g/mol. The third-order valence-corrected chi connectivity index (χ3v) is 9.97. The quantitative estimate of drug-likeness (QED) is 0.513. The Morgan fingerprint density at radius 2 is 1.76 bits per heavy atom. The van der Waals surface area contributed by atoms with Crippen molar-refractivity contribution in [3.8, 4) is 6.07 Å². The average Bonchev–Trinajstić information content (AvgIpc) is 3.03. The lowest BCUT2D eigenvalue weighted by Crippen LogP contribution is -2.56. The van der Waals surface area contributed by atoms with Crippen LogP contribution in [0, 0.1) is 45.8 Å². The summed E-state index contributed by atoms with van der Waals surface area (Å²) in [6.45, 7) is 7.60. The molecule has 0 heterocycles. The highest BCUT2D eigenvalue weighted by Crippen LogP contribution is 2.66. The minimum absolute atomic E-state index is 0. The number of likely N-dealkylation sites (N-methyl/N-ethyl adjacent to an activating group) is 1. The molecule has 8 atom stereocenters. The maximum absolute atomic E-state index is 10.2. The maximum atomic E-state index is 10.2. The van der Waals surface area contributed by atoms with Crippen LogP contribution in [0.5, 0.6) is 0 Å². The Balaban J connectivity index is 0.00000240. The van der Waals surface area contributed by atoms with Gasteiger partial charge >= 0.3 is 0 Å². The van der Waals surface area contributed by atoms with Gasteiger partial charge in [-0.3, -0.25) is 0 Å². The van der Waals surface area contributed by atoms with E-state index >= 15 is 0 Å². The first-order valence-electron chi connectivity index (χ1n) is 11.9. The predicted molar refractivity (Wildman–Crippen MR) is 120 cm³/mol. The normalized spacial score (nSPS) is 46.2. The van der Waals surface area contributed by atoms with Gasteiger partial charge in [-0.05, 0) is 99.3 Å². The van der Waals surface area contributed by atoms with Crippen LogP contribution < -0.4 is 5.32 Å². The molecule has 5 heteroatoms. The lowest BCUT2D eigenvalue weighted by Gasteiger charge is -2.61. The third kappa shape index (κ3) is 3.98. The van der Waals surface area contributed by atoms with Crippen LogP contribution in [0.25, 0.3) is 0 Å². The number of nitrogens with one attached hydrogen (secondary N) is 1. The van der Waals surface area contributed by atoms with Crippen molar-refractivity contribution in [2.45, 2.75) is 83.8 Å². The minimum Gasteiger partial charge on any atom is -0.393 e. The summed E-state index contributed by atoms with van der Waals surface area (Å²) < 4.78 is 0. The first-order chi connectivity index (χ1) is 13.4. The van der Waals surface area contributed by atoms with Crippen LogP contribution in [0.1, 0.15) is 71.6 Å². The smallest absolute Gasteiger partial charge is 0.0841 e. The first-order valence-corrected chi connectivity index (χ1v) is 11.9. The van der Waals surface area contributed by atoms with E-state index in [0.29, 0.717) is 23.4 Å². The van der Waals surface area contributed by atoms with Gasteiger partial charge in [0.1, 0.15) is 0 Å². The van der Waals surface area contributed by atoms with E-state index < -0.39 is 0 Å².